The van der Waals surface area contributed by atoms with Gasteiger partial charge in [-0.1, -0.05) is 37.8 Å². The van der Waals surface area contributed by atoms with Crippen LogP contribution in [0.15, 0.2) is 5.16 Å². The van der Waals surface area contributed by atoms with Crippen LogP contribution < -0.4 is 5.73 Å². The molecule has 1 fully saturated rings. The molecule has 0 unspecified atom stereocenters. The lowest BCUT2D eigenvalue weighted by atomic mass is 10.0. The van der Waals surface area contributed by atoms with Crippen molar-refractivity contribution in [3.63, 3.8) is 0 Å². The Labute approximate surface area is 109 Å². The third kappa shape index (κ3) is 4.94. The summed E-state index contributed by atoms with van der Waals surface area (Å²) in [4.78, 5) is 13.8. The summed E-state index contributed by atoms with van der Waals surface area (Å²) in [5.41, 5.74) is 5.47. The lowest BCUT2D eigenvalue weighted by Crippen LogP contribution is -2.39. The topological polar surface area (TPSA) is 78.9 Å². The van der Waals surface area contributed by atoms with E-state index < -0.39 is 0 Å². The Kier molecular flexibility index (Phi) is 6.54. The fraction of sp³-hybridized carbons (Fsp3) is 0.846. The van der Waals surface area contributed by atoms with Gasteiger partial charge >= 0.3 is 0 Å². The molecule has 1 amide bonds. The Morgan fingerprint density at radius 1 is 1.44 bits per heavy atom. The fourth-order valence-electron chi connectivity index (χ4n) is 2.57. The molecule has 5 nitrogen and oxygen atoms in total. The Balaban J connectivity index is 2.37. The van der Waals surface area contributed by atoms with Gasteiger partial charge in [-0.2, -0.15) is 0 Å². The van der Waals surface area contributed by atoms with E-state index in [4.69, 9.17) is 10.9 Å². The minimum Gasteiger partial charge on any atom is -0.409 e. The van der Waals surface area contributed by atoms with Gasteiger partial charge in [-0.25, -0.2) is 0 Å². The predicted molar refractivity (Wildman–Crippen MR) is 71.5 cm³/mol. The zero-order valence-corrected chi connectivity index (χ0v) is 11.3. The molecule has 1 aliphatic rings. The molecule has 104 valence electrons. The fourth-order valence-corrected chi connectivity index (χ4v) is 2.57. The van der Waals surface area contributed by atoms with Crippen LogP contribution >= 0.6 is 0 Å². The van der Waals surface area contributed by atoms with Crippen molar-refractivity contribution in [1.29, 1.82) is 0 Å². The Morgan fingerprint density at radius 3 is 2.67 bits per heavy atom. The lowest BCUT2D eigenvalue weighted by Gasteiger charge is -2.22. The molecule has 1 aliphatic carbocycles. The maximum atomic E-state index is 12.1. The number of oxime groups is 1. The first-order valence-corrected chi connectivity index (χ1v) is 6.91. The SMILES string of the molecule is CCCN(CC(N)=NO)C(=O)CCC1CCCC1. The van der Waals surface area contributed by atoms with Crippen molar-refractivity contribution in [2.45, 2.75) is 51.9 Å². The number of amides is 1. The van der Waals surface area contributed by atoms with Crippen molar-refractivity contribution in [2.24, 2.45) is 16.8 Å². The minimum absolute atomic E-state index is 0.0951. The molecule has 0 spiro atoms. The first-order valence-electron chi connectivity index (χ1n) is 6.91. The van der Waals surface area contributed by atoms with Gasteiger partial charge in [-0.05, 0) is 18.8 Å². The van der Waals surface area contributed by atoms with Crippen molar-refractivity contribution in [2.75, 3.05) is 13.1 Å². The number of carbonyl (C=O) groups is 1. The molecule has 0 aromatic rings. The molecule has 0 heterocycles. The third-order valence-corrected chi connectivity index (χ3v) is 3.57. The molecule has 0 atom stereocenters. The average Bonchev–Trinajstić information content (AvgIpc) is 2.88. The van der Waals surface area contributed by atoms with Crippen molar-refractivity contribution in [3.05, 3.63) is 0 Å². The second-order valence-electron chi connectivity index (χ2n) is 5.10. The molecule has 5 heteroatoms. The van der Waals surface area contributed by atoms with Gasteiger partial charge < -0.3 is 15.8 Å². The van der Waals surface area contributed by atoms with Crippen LogP contribution in [0.5, 0.6) is 0 Å². The van der Waals surface area contributed by atoms with Crippen LogP contribution in [0.4, 0.5) is 0 Å². The van der Waals surface area contributed by atoms with Crippen LogP contribution in [0, 0.1) is 5.92 Å². The quantitative estimate of drug-likeness (QED) is 0.316. The standard InChI is InChI=1S/C13H25N3O2/c1-2-9-16(10-12(14)15-18)13(17)8-7-11-5-3-4-6-11/h11,18H,2-10H2,1H3,(H2,14,15). The zero-order valence-electron chi connectivity index (χ0n) is 11.3. The molecule has 1 rings (SSSR count). The van der Waals surface area contributed by atoms with E-state index in [-0.39, 0.29) is 18.3 Å². The normalized spacial score (nSPS) is 17.1. The largest absolute Gasteiger partial charge is 0.409 e. The highest BCUT2D eigenvalue weighted by Gasteiger charge is 2.19. The maximum Gasteiger partial charge on any atom is 0.222 e. The van der Waals surface area contributed by atoms with Gasteiger partial charge in [0.05, 0.1) is 6.54 Å². The van der Waals surface area contributed by atoms with Crippen molar-refractivity contribution >= 4 is 11.7 Å². The van der Waals surface area contributed by atoms with Crippen LogP contribution in [-0.2, 0) is 4.79 Å². The minimum atomic E-state index is 0.0951. The van der Waals surface area contributed by atoms with Gasteiger partial charge in [-0.3, -0.25) is 4.79 Å². The Bertz CT molecular complexity index is 286. The van der Waals surface area contributed by atoms with E-state index in [0.29, 0.717) is 13.0 Å². The second-order valence-corrected chi connectivity index (χ2v) is 5.10. The lowest BCUT2D eigenvalue weighted by molar-refractivity contribution is -0.130. The van der Waals surface area contributed by atoms with E-state index in [1.165, 1.54) is 25.7 Å². The van der Waals surface area contributed by atoms with E-state index in [1.54, 1.807) is 4.90 Å². The van der Waals surface area contributed by atoms with E-state index in [1.807, 2.05) is 6.92 Å². The van der Waals surface area contributed by atoms with Crippen molar-refractivity contribution < 1.29 is 10.0 Å². The molecule has 1 saturated carbocycles. The summed E-state index contributed by atoms with van der Waals surface area (Å²) in [7, 11) is 0. The summed E-state index contributed by atoms with van der Waals surface area (Å²) in [6.45, 7) is 2.91. The Hall–Kier alpha value is -1.26. The van der Waals surface area contributed by atoms with Crippen molar-refractivity contribution in [1.82, 2.24) is 4.90 Å². The average molecular weight is 255 g/mol. The first-order chi connectivity index (χ1) is 8.67. The summed E-state index contributed by atoms with van der Waals surface area (Å²) in [6.07, 6.45) is 7.60. The van der Waals surface area contributed by atoms with Crippen LogP contribution in [-0.4, -0.2) is 34.9 Å². The van der Waals surface area contributed by atoms with Gasteiger partial charge in [0.2, 0.25) is 5.91 Å². The van der Waals surface area contributed by atoms with Crippen LogP contribution in [0.25, 0.3) is 0 Å². The molecule has 0 bridgehead atoms. The highest BCUT2D eigenvalue weighted by atomic mass is 16.4. The van der Waals surface area contributed by atoms with E-state index in [2.05, 4.69) is 5.16 Å². The Morgan fingerprint density at radius 2 is 2.11 bits per heavy atom. The number of nitrogens with zero attached hydrogens (tertiary/aromatic N) is 2. The molecular formula is C13H25N3O2. The number of hydrogen-bond donors (Lipinski definition) is 2. The second kappa shape index (κ2) is 7.95. The first kappa shape index (κ1) is 14.8. The van der Waals surface area contributed by atoms with E-state index in [9.17, 15) is 4.79 Å². The summed E-state index contributed by atoms with van der Waals surface area (Å²) < 4.78 is 0. The highest BCUT2D eigenvalue weighted by molar-refractivity contribution is 5.86. The van der Waals surface area contributed by atoms with Gasteiger partial charge in [0.25, 0.3) is 0 Å². The maximum absolute atomic E-state index is 12.1. The van der Waals surface area contributed by atoms with Crippen LogP contribution in [0.2, 0.25) is 0 Å². The molecule has 18 heavy (non-hydrogen) atoms. The van der Waals surface area contributed by atoms with Crippen LogP contribution in [0.3, 0.4) is 0 Å². The number of carbonyl (C=O) groups excluding carboxylic acids is 1. The number of nitrogens with two attached hydrogens (primary N) is 1. The van der Waals surface area contributed by atoms with Gasteiger partial charge in [0.15, 0.2) is 5.84 Å². The molecule has 3 N–H and O–H groups in total. The summed E-state index contributed by atoms with van der Waals surface area (Å²) >= 11 is 0. The van der Waals surface area contributed by atoms with E-state index in [0.717, 1.165) is 18.8 Å². The number of rotatable bonds is 7. The monoisotopic (exact) mass is 255 g/mol. The summed E-state index contributed by atoms with van der Waals surface area (Å²) in [6, 6.07) is 0. The van der Waals surface area contributed by atoms with Gasteiger partial charge in [0, 0.05) is 13.0 Å². The zero-order chi connectivity index (χ0) is 13.4. The molecule has 0 aromatic carbocycles. The molecule has 0 aliphatic heterocycles. The smallest absolute Gasteiger partial charge is 0.222 e. The summed E-state index contributed by atoms with van der Waals surface area (Å²) in [5, 5.41) is 11.5. The van der Waals surface area contributed by atoms with Gasteiger partial charge in [-0.15, -0.1) is 0 Å². The predicted octanol–water partition coefficient (Wildman–Crippen LogP) is 1.94. The molecular weight excluding hydrogens is 230 g/mol. The highest BCUT2D eigenvalue weighted by Crippen LogP contribution is 2.28. The third-order valence-electron chi connectivity index (χ3n) is 3.57. The molecule has 0 saturated heterocycles. The summed E-state index contributed by atoms with van der Waals surface area (Å²) in [5.74, 6) is 0.939. The van der Waals surface area contributed by atoms with Crippen LogP contribution in [0.1, 0.15) is 51.9 Å². The van der Waals surface area contributed by atoms with Gasteiger partial charge in [0.1, 0.15) is 0 Å². The molecule has 0 aromatic heterocycles. The molecule has 0 radical (unpaired) electrons. The van der Waals surface area contributed by atoms with E-state index >= 15 is 0 Å². The number of amidine groups is 1. The number of hydrogen-bond acceptors (Lipinski definition) is 3. The van der Waals surface area contributed by atoms with Crippen molar-refractivity contribution in [3.8, 4) is 0 Å².